The molecule has 0 bridgehead atoms. The van der Waals surface area contributed by atoms with Gasteiger partial charge in [0, 0.05) is 18.2 Å². The maximum absolute atomic E-state index is 12.0. The first-order chi connectivity index (χ1) is 9.09. The van der Waals surface area contributed by atoms with E-state index in [1.807, 2.05) is 0 Å². The highest BCUT2D eigenvalue weighted by Gasteiger charge is 2.22. The van der Waals surface area contributed by atoms with Crippen molar-refractivity contribution in [3.63, 3.8) is 0 Å². The van der Waals surface area contributed by atoms with E-state index in [9.17, 15) is 4.79 Å². The standard InChI is InChI=1S/C15H30N2O2/c1-3-15(2,10-11-18)16-12-14(19)17-13-8-6-4-5-7-9-13/h13,16,18H,3-12H2,1-2H3,(H,17,19). The molecule has 0 saturated heterocycles. The number of carbonyl (C=O) groups is 1. The van der Waals surface area contributed by atoms with E-state index in [1.54, 1.807) is 0 Å². The van der Waals surface area contributed by atoms with Crippen molar-refractivity contribution in [3.8, 4) is 0 Å². The van der Waals surface area contributed by atoms with E-state index in [0.717, 1.165) is 19.3 Å². The summed E-state index contributed by atoms with van der Waals surface area (Å²) in [6.45, 7) is 4.64. The lowest BCUT2D eigenvalue weighted by Gasteiger charge is -2.29. The van der Waals surface area contributed by atoms with E-state index in [0.29, 0.717) is 19.0 Å². The first kappa shape index (κ1) is 16.4. The molecule has 0 spiro atoms. The van der Waals surface area contributed by atoms with Crippen LogP contribution < -0.4 is 10.6 Å². The van der Waals surface area contributed by atoms with Crippen molar-refractivity contribution in [3.05, 3.63) is 0 Å². The summed E-state index contributed by atoms with van der Waals surface area (Å²) in [7, 11) is 0. The average Bonchev–Trinajstić information content (AvgIpc) is 2.65. The molecule has 4 heteroatoms. The van der Waals surface area contributed by atoms with Crippen molar-refractivity contribution >= 4 is 5.91 Å². The number of nitrogens with one attached hydrogen (secondary N) is 2. The Morgan fingerprint density at radius 2 is 1.89 bits per heavy atom. The van der Waals surface area contributed by atoms with E-state index in [4.69, 9.17) is 5.11 Å². The number of aliphatic hydroxyl groups is 1. The third kappa shape index (κ3) is 6.39. The van der Waals surface area contributed by atoms with Crippen molar-refractivity contribution in [1.82, 2.24) is 10.6 Å². The SMILES string of the molecule is CCC(C)(CCO)NCC(=O)NC1CCCCCC1. The summed E-state index contributed by atoms with van der Waals surface area (Å²) in [5.41, 5.74) is -0.143. The van der Waals surface area contributed by atoms with Crippen molar-refractivity contribution in [2.24, 2.45) is 0 Å². The topological polar surface area (TPSA) is 61.4 Å². The fraction of sp³-hybridized carbons (Fsp3) is 0.933. The fourth-order valence-corrected chi connectivity index (χ4v) is 2.63. The van der Waals surface area contributed by atoms with Crippen molar-refractivity contribution in [2.75, 3.05) is 13.2 Å². The molecule has 19 heavy (non-hydrogen) atoms. The second-order valence-corrected chi connectivity index (χ2v) is 6.00. The van der Waals surface area contributed by atoms with Crippen LogP contribution in [-0.4, -0.2) is 35.7 Å². The summed E-state index contributed by atoms with van der Waals surface area (Å²) in [6, 6.07) is 0.363. The molecule has 1 aliphatic rings. The van der Waals surface area contributed by atoms with E-state index < -0.39 is 0 Å². The van der Waals surface area contributed by atoms with Gasteiger partial charge in [-0.25, -0.2) is 0 Å². The second-order valence-electron chi connectivity index (χ2n) is 6.00. The van der Waals surface area contributed by atoms with Gasteiger partial charge in [0.25, 0.3) is 0 Å². The Labute approximate surface area is 117 Å². The van der Waals surface area contributed by atoms with Crippen molar-refractivity contribution in [1.29, 1.82) is 0 Å². The number of rotatable bonds is 7. The minimum Gasteiger partial charge on any atom is -0.396 e. The lowest BCUT2D eigenvalue weighted by molar-refractivity contribution is -0.121. The van der Waals surface area contributed by atoms with Gasteiger partial charge in [0.2, 0.25) is 5.91 Å². The summed E-state index contributed by atoms with van der Waals surface area (Å²) < 4.78 is 0. The van der Waals surface area contributed by atoms with E-state index >= 15 is 0 Å². The van der Waals surface area contributed by atoms with E-state index in [1.165, 1.54) is 25.7 Å². The molecule has 1 amide bonds. The third-order valence-electron chi connectivity index (χ3n) is 4.34. The first-order valence-corrected chi connectivity index (χ1v) is 7.75. The van der Waals surface area contributed by atoms with Gasteiger partial charge < -0.3 is 15.7 Å². The number of amides is 1. The van der Waals surface area contributed by atoms with Crippen LogP contribution in [0.15, 0.2) is 0 Å². The largest absolute Gasteiger partial charge is 0.396 e. The Morgan fingerprint density at radius 3 is 2.42 bits per heavy atom. The molecule has 0 heterocycles. The predicted molar refractivity (Wildman–Crippen MR) is 78.0 cm³/mol. The smallest absolute Gasteiger partial charge is 0.234 e. The minimum atomic E-state index is -0.143. The monoisotopic (exact) mass is 270 g/mol. The van der Waals surface area contributed by atoms with Crippen LogP contribution in [0, 0.1) is 0 Å². The summed E-state index contributed by atoms with van der Waals surface area (Å²) in [4.78, 5) is 12.0. The molecule has 0 aromatic rings. The molecule has 0 radical (unpaired) electrons. The molecule has 0 aliphatic heterocycles. The van der Waals surface area contributed by atoms with E-state index in [-0.39, 0.29) is 18.1 Å². The summed E-state index contributed by atoms with van der Waals surface area (Å²) in [5, 5.41) is 15.5. The maximum Gasteiger partial charge on any atom is 0.234 e. The van der Waals surface area contributed by atoms with Gasteiger partial charge in [-0.15, -0.1) is 0 Å². The number of hydrogen-bond acceptors (Lipinski definition) is 3. The molecule has 0 aromatic heterocycles. The van der Waals surface area contributed by atoms with Gasteiger partial charge in [-0.2, -0.15) is 0 Å². The molecule has 3 N–H and O–H groups in total. The van der Waals surface area contributed by atoms with Gasteiger partial charge in [-0.05, 0) is 32.6 Å². The molecular formula is C15H30N2O2. The van der Waals surface area contributed by atoms with Crippen molar-refractivity contribution < 1.29 is 9.90 Å². The van der Waals surface area contributed by atoms with Gasteiger partial charge in [-0.3, -0.25) is 4.79 Å². The Morgan fingerprint density at radius 1 is 1.26 bits per heavy atom. The Balaban J connectivity index is 2.29. The summed E-state index contributed by atoms with van der Waals surface area (Å²) in [5.74, 6) is 0.0875. The lowest BCUT2D eigenvalue weighted by atomic mass is 9.95. The van der Waals surface area contributed by atoms with Crippen LogP contribution in [0.2, 0.25) is 0 Å². The first-order valence-electron chi connectivity index (χ1n) is 7.75. The zero-order valence-electron chi connectivity index (χ0n) is 12.5. The highest BCUT2D eigenvalue weighted by Crippen LogP contribution is 2.17. The van der Waals surface area contributed by atoms with Crippen LogP contribution in [0.25, 0.3) is 0 Å². The van der Waals surface area contributed by atoms with Crippen LogP contribution in [0.3, 0.4) is 0 Å². The Kier molecular flexibility index (Phi) is 7.39. The lowest BCUT2D eigenvalue weighted by Crippen LogP contribution is -2.49. The van der Waals surface area contributed by atoms with Gasteiger partial charge >= 0.3 is 0 Å². The highest BCUT2D eigenvalue weighted by molar-refractivity contribution is 5.78. The van der Waals surface area contributed by atoms with Crippen molar-refractivity contribution in [2.45, 2.75) is 76.8 Å². The normalized spacial score (nSPS) is 20.6. The Hall–Kier alpha value is -0.610. The summed E-state index contributed by atoms with van der Waals surface area (Å²) in [6.07, 6.45) is 8.89. The molecule has 0 aromatic carbocycles. The molecule has 4 nitrogen and oxygen atoms in total. The van der Waals surface area contributed by atoms with E-state index in [2.05, 4.69) is 24.5 Å². The number of hydrogen-bond donors (Lipinski definition) is 3. The molecule has 1 fully saturated rings. The van der Waals surface area contributed by atoms with Gasteiger partial charge in [-0.1, -0.05) is 32.6 Å². The molecule has 1 saturated carbocycles. The molecular weight excluding hydrogens is 240 g/mol. The average molecular weight is 270 g/mol. The van der Waals surface area contributed by atoms with Crippen LogP contribution in [0.1, 0.15) is 65.2 Å². The van der Waals surface area contributed by atoms with Crippen LogP contribution in [0.5, 0.6) is 0 Å². The highest BCUT2D eigenvalue weighted by atomic mass is 16.3. The third-order valence-corrected chi connectivity index (χ3v) is 4.34. The second kappa shape index (κ2) is 8.54. The number of aliphatic hydroxyl groups excluding tert-OH is 1. The van der Waals surface area contributed by atoms with Gasteiger partial charge in [0.1, 0.15) is 0 Å². The summed E-state index contributed by atoms with van der Waals surface area (Å²) >= 11 is 0. The van der Waals surface area contributed by atoms with Gasteiger partial charge in [0.05, 0.1) is 6.54 Å². The zero-order chi connectivity index (χ0) is 14.1. The van der Waals surface area contributed by atoms with Crippen LogP contribution >= 0.6 is 0 Å². The molecule has 1 aliphatic carbocycles. The van der Waals surface area contributed by atoms with Crippen LogP contribution in [0.4, 0.5) is 0 Å². The Bertz CT molecular complexity index is 263. The number of carbonyl (C=O) groups excluding carboxylic acids is 1. The molecule has 1 unspecified atom stereocenters. The molecule has 1 rings (SSSR count). The quantitative estimate of drug-likeness (QED) is 0.620. The minimum absolute atomic E-state index is 0.0875. The predicted octanol–water partition coefficient (Wildman–Crippen LogP) is 1.97. The molecule has 1 atom stereocenters. The maximum atomic E-state index is 12.0. The fourth-order valence-electron chi connectivity index (χ4n) is 2.63. The zero-order valence-corrected chi connectivity index (χ0v) is 12.5. The van der Waals surface area contributed by atoms with Gasteiger partial charge in [0.15, 0.2) is 0 Å². The van der Waals surface area contributed by atoms with Crippen LogP contribution in [-0.2, 0) is 4.79 Å². The molecule has 112 valence electrons.